The van der Waals surface area contributed by atoms with E-state index in [-0.39, 0.29) is 0 Å². The number of hydrogen-bond acceptors (Lipinski definition) is 3. The standard InChI is InChI=1S/C8H14N2O/c1-2-11-10-7-8-4-3-5-9-6-8/h4,7,9H,2-3,5-6H2,1H3. The Morgan fingerprint density at radius 3 is 3.36 bits per heavy atom. The van der Waals surface area contributed by atoms with Crippen molar-refractivity contribution in [2.24, 2.45) is 5.16 Å². The maximum atomic E-state index is 4.84. The van der Waals surface area contributed by atoms with Crippen molar-refractivity contribution in [1.29, 1.82) is 0 Å². The summed E-state index contributed by atoms with van der Waals surface area (Å²) >= 11 is 0. The second-order valence-electron chi connectivity index (χ2n) is 2.40. The number of rotatable bonds is 3. The molecule has 0 atom stereocenters. The molecular weight excluding hydrogens is 140 g/mol. The largest absolute Gasteiger partial charge is 0.396 e. The molecular formula is C8H14N2O. The van der Waals surface area contributed by atoms with Crippen LogP contribution in [0.15, 0.2) is 16.8 Å². The highest BCUT2D eigenvalue weighted by molar-refractivity contribution is 5.78. The molecule has 0 aliphatic carbocycles. The van der Waals surface area contributed by atoms with E-state index in [1.807, 2.05) is 6.92 Å². The van der Waals surface area contributed by atoms with Crippen molar-refractivity contribution in [3.8, 4) is 0 Å². The minimum Gasteiger partial charge on any atom is -0.396 e. The van der Waals surface area contributed by atoms with Crippen LogP contribution in [0, 0.1) is 0 Å². The smallest absolute Gasteiger partial charge is 0.114 e. The quantitative estimate of drug-likeness (QED) is 0.484. The van der Waals surface area contributed by atoms with Crippen LogP contribution in [0.2, 0.25) is 0 Å². The third kappa shape index (κ3) is 3.18. The summed E-state index contributed by atoms with van der Waals surface area (Å²) in [7, 11) is 0. The monoisotopic (exact) mass is 154 g/mol. The number of oxime groups is 1. The molecule has 0 saturated carbocycles. The van der Waals surface area contributed by atoms with Gasteiger partial charge in [-0.15, -0.1) is 0 Å². The van der Waals surface area contributed by atoms with Crippen molar-refractivity contribution in [3.05, 3.63) is 11.6 Å². The van der Waals surface area contributed by atoms with Gasteiger partial charge < -0.3 is 10.2 Å². The molecule has 0 spiro atoms. The molecule has 1 heterocycles. The van der Waals surface area contributed by atoms with Crippen molar-refractivity contribution < 1.29 is 4.84 Å². The molecule has 1 rings (SSSR count). The molecule has 62 valence electrons. The van der Waals surface area contributed by atoms with Gasteiger partial charge in [-0.3, -0.25) is 0 Å². The fourth-order valence-corrected chi connectivity index (χ4v) is 0.942. The SMILES string of the molecule is CCON=CC1=CCCNC1. The van der Waals surface area contributed by atoms with E-state index in [9.17, 15) is 0 Å². The van der Waals surface area contributed by atoms with Crippen LogP contribution in [0.1, 0.15) is 13.3 Å². The van der Waals surface area contributed by atoms with E-state index in [0.29, 0.717) is 6.61 Å². The Morgan fingerprint density at radius 1 is 1.82 bits per heavy atom. The van der Waals surface area contributed by atoms with Gasteiger partial charge in [0.15, 0.2) is 0 Å². The Kier molecular flexibility index (Phi) is 3.69. The maximum Gasteiger partial charge on any atom is 0.114 e. The normalized spacial score (nSPS) is 18.5. The first-order valence-electron chi connectivity index (χ1n) is 3.98. The Labute approximate surface area is 67.1 Å². The lowest BCUT2D eigenvalue weighted by molar-refractivity contribution is 0.160. The van der Waals surface area contributed by atoms with Gasteiger partial charge in [-0.25, -0.2) is 0 Å². The number of hydrogen-bond donors (Lipinski definition) is 1. The zero-order valence-corrected chi connectivity index (χ0v) is 6.84. The summed E-state index contributed by atoms with van der Waals surface area (Å²) in [5.41, 5.74) is 1.21. The second kappa shape index (κ2) is 4.91. The molecule has 0 saturated heterocycles. The van der Waals surface area contributed by atoms with Crippen molar-refractivity contribution in [2.75, 3.05) is 19.7 Å². The van der Waals surface area contributed by atoms with Crippen LogP contribution in [0.4, 0.5) is 0 Å². The maximum absolute atomic E-state index is 4.84. The van der Waals surface area contributed by atoms with Crippen molar-refractivity contribution in [1.82, 2.24) is 5.32 Å². The molecule has 0 fully saturated rings. The highest BCUT2D eigenvalue weighted by Crippen LogP contribution is 1.97. The van der Waals surface area contributed by atoms with Gasteiger partial charge in [0.05, 0.1) is 6.21 Å². The van der Waals surface area contributed by atoms with Crippen LogP contribution < -0.4 is 5.32 Å². The van der Waals surface area contributed by atoms with Crippen molar-refractivity contribution >= 4 is 6.21 Å². The van der Waals surface area contributed by atoms with Gasteiger partial charge in [0.1, 0.15) is 6.61 Å². The summed E-state index contributed by atoms with van der Waals surface area (Å²) in [6.45, 7) is 4.55. The average molecular weight is 154 g/mol. The molecule has 0 aromatic rings. The first kappa shape index (κ1) is 8.27. The van der Waals surface area contributed by atoms with Gasteiger partial charge in [0.25, 0.3) is 0 Å². The summed E-state index contributed by atoms with van der Waals surface area (Å²) in [5, 5.41) is 7.03. The van der Waals surface area contributed by atoms with Crippen LogP contribution in [-0.2, 0) is 4.84 Å². The predicted octanol–water partition coefficient (Wildman–Crippen LogP) is 0.928. The molecule has 11 heavy (non-hydrogen) atoms. The first-order valence-corrected chi connectivity index (χ1v) is 3.98. The van der Waals surface area contributed by atoms with Crippen LogP contribution in [0.3, 0.4) is 0 Å². The topological polar surface area (TPSA) is 33.6 Å². The highest BCUT2D eigenvalue weighted by atomic mass is 16.6. The lowest BCUT2D eigenvalue weighted by Gasteiger charge is -2.09. The summed E-state index contributed by atoms with van der Waals surface area (Å²) in [4.78, 5) is 4.84. The Bertz CT molecular complexity index is 163. The predicted molar refractivity (Wildman–Crippen MR) is 45.7 cm³/mol. The van der Waals surface area contributed by atoms with E-state index in [4.69, 9.17) is 4.84 Å². The minimum atomic E-state index is 0.636. The molecule has 1 aliphatic heterocycles. The van der Waals surface area contributed by atoms with Crippen LogP contribution in [0.5, 0.6) is 0 Å². The molecule has 3 heteroatoms. The lowest BCUT2D eigenvalue weighted by Crippen LogP contribution is -2.22. The highest BCUT2D eigenvalue weighted by Gasteiger charge is 1.98. The van der Waals surface area contributed by atoms with E-state index in [2.05, 4.69) is 16.5 Å². The molecule has 0 radical (unpaired) electrons. The minimum absolute atomic E-state index is 0.636. The van der Waals surface area contributed by atoms with Crippen LogP contribution in [0.25, 0.3) is 0 Å². The van der Waals surface area contributed by atoms with Gasteiger partial charge in [0, 0.05) is 6.54 Å². The van der Waals surface area contributed by atoms with E-state index >= 15 is 0 Å². The van der Waals surface area contributed by atoms with Gasteiger partial charge in [-0.2, -0.15) is 0 Å². The van der Waals surface area contributed by atoms with Gasteiger partial charge in [-0.1, -0.05) is 11.2 Å². The molecule has 0 unspecified atom stereocenters. The average Bonchev–Trinajstić information content (AvgIpc) is 2.07. The number of nitrogens with zero attached hydrogens (tertiary/aromatic N) is 1. The summed E-state index contributed by atoms with van der Waals surface area (Å²) < 4.78 is 0. The third-order valence-corrected chi connectivity index (χ3v) is 1.48. The fraction of sp³-hybridized carbons (Fsp3) is 0.625. The molecule has 0 aromatic heterocycles. The van der Waals surface area contributed by atoms with Gasteiger partial charge in [-0.05, 0) is 25.5 Å². The van der Waals surface area contributed by atoms with E-state index < -0.39 is 0 Å². The van der Waals surface area contributed by atoms with E-state index in [1.165, 1.54) is 5.57 Å². The summed E-state index contributed by atoms with van der Waals surface area (Å²) in [5.74, 6) is 0. The molecule has 1 N–H and O–H groups in total. The lowest BCUT2D eigenvalue weighted by atomic mass is 10.2. The van der Waals surface area contributed by atoms with Crippen LogP contribution >= 0.6 is 0 Å². The van der Waals surface area contributed by atoms with E-state index in [1.54, 1.807) is 6.21 Å². The Hall–Kier alpha value is -0.830. The van der Waals surface area contributed by atoms with Gasteiger partial charge in [0.2, 0.25) is 0 Å². The van der Waals surface area contributed by atoms with E-state index in [0.717, 1.165) is 19.5 Å². The van der Waals surface area contributed by atoms with Crippen molar-refractivity contribution in [3.63, 3.8) is 0 Å². The zero-order chi connectivity index (χ0) is 7.94. The summed E-state index contributed by atoms with van der Waals surface area (Å²) in [6.07, 6.45) is 5.04. The molecule has 1 aliphatic rings. The summed E-state index contributed by atoms with van der Waals surface area (Å²) in [6, 6.07) is 0. The zero-order valence-electron chi connectivity index (χ0n) is 6.84. The fourth-order valence-electron chi connectivity index (χ4n) is 0.942. The molecule has 0 amide bonds. The second-order valence-corrected chi connectivity index (χ2v) is 2.40. The Balaban J connectivity index is 2.29. The first-order chi connectivity index (χ1) is 5.43. The molecule has 0 aromatic carbocycles. The Morgan fingerprint density at radius 2 is 2.73 bits per heavy atom. The number of nitrogens with one attached hydrogen (secondary N) is 1. The van der Waals surface area contributed by atoms with Crippen molar-refractivity contribution in [2.45, 2.75) is 13.3 Å². The third-order valence-electron chi connectivity index (χ3n) is 1.48. The van der Waals surface area contributed by atoms with Crippen LogP contribution in [-0.4, -0.2) is 25.9 Å². The molecule has 0 bridgehead atoms. The molecule has 3 nitrogen and oxygen atoms in total. The van der Waals surface area contributed by atoms with Gasteiger partial charge >= 0.3 is 0 Å².